The molecule has 3 rings (SSSR count). The second-order valence-electron chi connectivity index (χ2n) is 4.88. The summed E-state index contributed by atoms with van der Waals surface area (Å²) in [6.45, 7) is 3.16. The normalized spacial score (nSPS) is 10.9. The summed E-state index contributed by atoms with van der Waals surface area (Å²) in [6.07, 6.45) is 4.14. The third kappa shape index (κ3) is 2.23. The number of benzene rings is 1. The number of imidazole rings is 1. The second kappa shape index (κ2) is 5.94. The minimum atomic E-state index is 0. The van der Waals surface area contributed by atoms with Crippen LogP contribution >= 0.6 is 24.6 Å². The molecule has 0 amide bonds. The van der Waals surface area contributed by atoms with Crippen LogP contribution in [0.15, 0.2) is 30.6 Å². The van der Waals surface area contributed by atoms with Crippen molar-refractivity contribution in [2.24, 2.45) is 7.05 Å². The van der Waals surface area contributed by atoms with Crippen molar-refractivity contribution in [2.75, 3.05) is 0 Å². The molecule has 0 saturated heterocycles. The van der Waals surface area contributed by atoms with Gasteiger partial charge in [-0.15, -0.1) is 12.4 Å². The van der Waals surface area contributed by atoms with E-state index in [-0.39, 0.29) is 12.4 Å². The molecule has 5 heteroatoms. The highest BCUT2D eigenvalue weighted by atomic mass is 35.5. The monoisotopic (exact) mass is 307 g/mol. The van der Waals surface area contributed by atoms with Gasteiger partial charge in [-0.05, 0) is 12.5 Å². The van der Waals surface area contributed by atoms with E-state index in [2.05, 4.69) is 45.3 Å². The number of aryl methyl sites for hydroxylation is 2. The summed E-state index contributed by atoms with van der Waals surface area (Å²) in [5, 5.41) is 1.22. The summed E-state index contributed by atoms with van der Waals surface area (Å²) in [5.74, 6) is 0. The van der Waals surface area contributed by atoms with Crippen LogP contribution in [0.3, 0.4) is 0 Å². The molecular formula is C15H18ClN3S. The Bertz CT molecular complexity index is 804. The van der Waals surface area contributed by atoms with E-state index in [1.807, 2.05) is 13.4 Å². The Labute approximate surface area is 129 Å². The molecule has 3 nitrogen and oxygen atoms in total. The Kier molecular flexibility index (Phi) is 4.45. The van der Waals surface area contributed by atoms with Gasteiger partial charge in [-0.25, -0.2) is 4.98 Å². The Balaban J connectivity index is 0.00000147. The standard InChI is InChI=1S/C15H17N3S.ClH/c1-3-4-9-18-12-8-6-5-7-11(12)14-13(15(18)19)16-10-17(14)2;/h5-8,10H,3-4,9H2,1-2H3;1H. The quantitative estimate of drug-likeness (QED) is 0.666. The van der Waals surface area contributed by atoms with Crippen molar-refractivity contribution in [3.8, 4) is 0 Å². The van der Waals surface area contributed by atoms with E-state index in [0.717, 1.165) is 35.1 Å². The van der Waals surface area contributed by atoms with Crippen LogP contribution in [0.4, 0.5) is 0 Å². The van der Waals surface area contributed by atoms with Crippen molar-refractivity contribution in [1.29, 1.82) is 0 Å². The molecule has 1 aromatic carbocycles. The molecule has 20 heavy (non-hydrogen) atoms. The van der Waals surface area contributed by atoms with Gasteiger partial charge in [0.25, 0.3) is 0 Å². The molecule has 2 heterocycles. The SMILES string of the molecule is CCCCn1c(=S)c2ncn(C)c2c2ccccc21.Cl. The molecule has 0 atom stereocenters. The average Bonchev–Trinajstić information content (AvgIpc) is 2.81. The predicted octanol–water partition coefficient (Wildman–Crippen LogP) is 4.48. The van der Waals surface area contributed by atoms with E-state index in [1.165, 1.54) is 10.9 Å². The van der Waals surface area contributed by atoms with Crippen LogP contribution in [0.5, 0.6) is 0 Å². The Morgan fingerprint density at radius 2 is 2.00 bits per heavy atom. The first kappa shape index (κ1) is 15.0. The molecule has 0 aliphatic carbocycles. The number of unbranched alkanes of at least 4 members (excludes halogenated alkanes) is 1. The highest BCUT2D eigenvalue weighted by molar-refractivity contribution is 7.71. The molecule has 0 radical (unpaired) electrons. The fourth-order valence-electron chi connectivity index (χ4n) is 2.59. The fourth-order valence-corrected chi connectivity index (χ4v) is 2.93. The van der Waals surface area contributed by atoms with Crippen molar-refractivity contribution in [3.05, 3.63) is 35.2 Å². The average molecular weight is 308 g/mol. The summed E-state index contributed by atoms with van der Waals surface area (Å²) >= 11 is 5.63. The first-order valence-electron chi connectivity index (χ1n) is 6.66. The van der Waals surface area contributed by atoms with Gasteiger partial charge in [-0.2, -0.15) is 0 Å². The number of halogens is 1. The zero-order chi connectivity index (χ0) is 13.4. The maximum atomic E-state index is 5.63. The first-order chi connectivity index (χ1) is 9.24. The van der Waals surface area contributed by atoms with Gasteiger partial charge in [-0.3, -0.25) is 0 Å². The molecule has 0 fully saturated rings. The number of nitrogens with zero attached hydrogens (tertiary/aromatic N) is 3. The van der Waals surface area contributed by atoms with Gasteiger partial charge in [0.1, 0.15) is 10.2 Å². The van der Waals surface area contributed by atoms with E-state index >= 15 is 0 Å². The Hall–Kier alpha value is -1.39. The van der Waals surface area contributed by atoms with Crippen LogP contribution in [0.2, 0.25) is 0 Å². The molecule has 0 saturated carbocycles. The van der Waals surface area contributed by atoms with Crippen molar-refractivity contribution in [2.45, 2.75) is 26.3 Å². The largest absolute Gasteiger partial charge is 0.333 e. The van der Waals surface area contributed by atoms with Crippen molar-refractivity contribution < 1.29 is 0 Å². The van der Waals surface area contributed by atoms with E-state index < -0.39 is 0 Å². The lowest BCUT2D eigenvalue weighted by Gasteiger charge is -2.12. The van der Waals surface area contributed by atoms with E-state index in [9.17, 15) is 0 Å². The number of hydrogen-bond acceptors (Lipinski definition) is 2. The van der Waals surface area contributed by atoms with Gasteiger partial charge in [-0.1, -0.05) is 43.8 Å². The molecule has 0 bridgehead atoms. The second-order valence-corrected chi connectivity index (χ2v) is 5.27. The molecule has 0 aliphatic rings. The summed E-state index contributed by atoms with van der Waals surface area (Å²) < 4.78 is 5.13. The van der Waals surface area contributed by atoms with E-state index in [1.54, 1.807) is 0 Å². The summed E-state index contributed by atoms with van der Waals surface area (Å²) in [4.78, 5) is 4.47. The highest BCUT2D eigenvalue weighted by Gasteiger charge is 2.11. The number of rotatable bonds is 3. The van der Waals surface area contributed by atoms with Crippen molar-refractivity contribution in [1.82, 2.24) is 14.1 Å². The van der Waals surface area contributed by atoms with Crippen molar-refractivity contribution >= 4 is 46.6 Å². The first-order valence-corrected chi connectivity index (χ1v) is 7.07. The van der Waals surface area contributed by atoms with Crippen LogP contribution in [0, 0.1) is 4.64 Å². The third-order valence-electron chi connectivity index (χ3n) is 3.57. The van der Waals surface area contributed by atoms with Crippen LogP contribution < -0.4 is 0 Å². The predicted molar refractivity (Wildman–Crippen MR) is 89.2 cm³/mol. The number of aromatic nitrogens is 3. The number of hydrogen-bond donors (Lipinski definition) is 0. The maximum Gasteiger partial charge on any atom is 0.134 e. The van der Waals surface area contributed by atoms with Gasteiger partial charge in [0.15, 0.2) is 0 Å². The minimum absolute atomic E-state index is 0. The number of pyridine rings is 1. The van der Waals surface area contributed by atoms with Crippen LogP contribution in [0.25, 0.3) is 21.9 Å². The topological polar surface area (TPSA) is 22.8 Å². The highest BCUT2D eigenvalue weighted by Crippen LogP contribution is 2.26. The fraction of sp³-hybridized carbons (Fsp3) is 0.333. The van der Waals surface area contributed by atoms with Crippen LogP contribution in [0.1, 0.15) is 19.8 Å². The van der Waals surface area contributed by atoms with E-state index in [0.29, 0.717) is 0 Å². The zero-order valence-corrected chi connectivity index (χ0v) is 13.3. The Morgan fingerprint density at radius 3 is 2.75 bits per heavy atom. The molecule has 3 aromatic rings. The summed E-state index contributed by atoms with van der Waals surface area (Å²) in [6, 6.07) is 8.44. The molecule has 0 N–H and O–H groups in total. The molecule has 0 aliphatic heterocycles. The number of fused-ring (bicyclic) bond motifs is 3. The van der Waals surface area contributed by atoms with Gasteiger partial charge >= 0.3 is 0 Å². The minimum Gasteiger partial charge on any atom is -0.333 e. The van der Waals surface area contributed by atoms with Crippen molar-refractivity contribution in [3.63, 3.8) is 0 Å². The lowest BCUT2D eigenvalue weighted by Crippen LogP contribution is -2.03. The van der Waals surface area contributed by atoms with Crippen LogP contribution in [-0.2, 0) is 13.6 Å². The van der Waals surface area contributed by atoms with Crippen LogP contribution in [-0.4, -0.2) is 14.1 Å². The number of para-hydroxylation sites is 1. The van der Waals surface area contributed by atoms with Gasteiger partial charge < -0.3 is 9.13 Å². The van der Waals surface area contributed by atoms with Gasteiger partial charge in [0, 0.05) is 19.0 Å². The molecule has 106 valence electrons. The molecule has 0 spiro atoms. The zero-order valence-electron chi connectivity index (χ0n) is 11.7. The van der Waals surface area contributed by atoms with Gasteiger partial charge in [0.05, 0.1) is 17.4 Å². The summed E-state index contributed by atoms with van der Waals surface area (Å²) in [7, 11) is 2.02. The third-order valence-corrected chi connectivity index (χ3v) is 3.98. The summed E-state index contributed by atoms with van der Waals surface area (Å²) in [5.41, 5.74) is 3.28. The smallest absolute Gasteiger partial charge is 0.134 e. The lowest BCUT2D eigenvalue weighted by atomic mass is 10.1. The Morgan fingerprint density at radius 1 is 1.25 bits per heavy atom. The van der Waals surface area contributed by atoms with Gasteiger partial charge in [0.2, 0.25) is 0 Å². The van der Waals surface area contributed by atoms with E-state index in [4.69, 9.17) is 12.2 Å². The maximum absolute atomic E-state index is 5.63. The lowest BCUT2D eigenvalue weighted by molar-refractivity contribution is 0.643. The molecule has 0 unspecified atom stereocenters. The molecular weight excluding hydrogens is 290 g/mol. The molecule has 2 aromatic heterocycles.